The molecule has 0 amide bonds. The molecule has 0 atom stereocenters. The van der Waals surface area contributed by atoms with E-state index in [0.717, 1.165) is 19.4 Å². The molecule has 0 aliphatic heterocycles. The number of allylic oxidation sites excluding steroid dienone is 4. The van der Waals surface area contributed by atoms with Crippen molar-refractivity contribution < 1.29 is 14.6 Å². The van der Waals surface area contributed by atoms with Crippen molar-refractivity contribution >= 4 is 5.97 Å². The molecule has 2 aromatic carbocycles. The summed E-state index contributed by atoms with van der Waals surface area (Å²) >= 11 is 0. The molecule has 0 heterocycles. The molecule has 0 aliphatic carbocycles. The minimum absolute atomic E-state index is 0.332. The first-order chi connectivity index (χ1) is 26.6. The van der Waals surface area contributed by atoms with E-state index < -0.39 is 5.97 Å². The van der Waals surface area contributed by atoms with E-state index in [9.17, 15) is 4.79 Å². The molecule has 0 unspecified atom stereocenters. The molecule has 54 heavy (non-hydrogen) atoms. The van der Waals surface area contributed by atoms with E-state index in [0.29, 0.717) is 19.6 Å². The zero-order valence-corrected chi connectivity index (χ0v) is 35.3. The van der Waals surface area contributed by atoms with Crippen LogP contribution in [-0.2, 0) is 22.7 Å². The van der Waals surface area contributed by atoms with Gasteiger partial charge in [-0.3, -0.25) is 4.79 Å². The van der Waals surface area contributed by atoms with Crippen LogP contribution in [0.25, 0.3) is 0 Å². The lowest BCUT2D eigenvalue weighted by molar-refractivity contribution is -0.137. The van der Waals surface area contributed by atoms with Gasteiger partial charge in [0.1, 0.15) is 0 Å². The maximum atomic E-state index is 10.3. The molecule has 0 fully saturated rings. The largest absolute Gasteiger partial charge is 0.481 e. The number of hydrogen-bond donors (Lipinski definition) is 2. The van der Waals surface area contributed by atoms with E-state index in [4.69, 9.17) is 15.6 Å². The lowest BCUT2D eigenvalue weighted by Crippen LogP contribution is -1.97. The Kier molecular flexibility index (Phi) is 42.5. The molecule has 308 valence electrons. The maximum absolute atomic E-state index is 10.3. The topological polar surface area (TPSA) is 72.5 Å². The van der Waals surface area contributed by atoms with Crippen LogP contribution >= 0.6 is 0 Å². The van der Waals surface area contributed by atoms with Gasteiger partial charge in [0.05, 0.1) is 13.2 Å². The van der Waals surface area contributed by atoms with Crippen LogP contribution in [0, 0.1) is 0 Å². The van der Waals surface area contributed by atoms with Crippen molar-refractivity contribution in [2.45, 2.75) is 207 Å². The summed E-state index contributed by atoms with van der Waals surface area (Å²) in [6, 6.07) is 20.4. The first kappa shape index (κ1) is 51.3. The zero-order chi connectivity index (χ0) is 39.3. The molecule has 2 aromatic rings. The number of nitrogens with two attached hydrogens (primary N) is 1. The lowest BCUT2D eigenvalue weighted by Gasteiger charge is -2.03. The zero-order valence-electron chi connectivity index (χ0n) is 35.3. The second kappa shape index (κ2) is 44.7. The predicted octanol–water partition coefficient (Wildman–Crippen LogP) is 15.5. The number of rotatable bonds is 34. The number of hydrogen-bond acceptors (Lipinski definition) is 3. The van der Waals surface area contributed by atoms with Crippen LogP contribution in [0.1, 0.15) is 205 Å². The Morgan fingerprint density at radius 1 is 0.481 bits per heavy atom. The Balaban J connectivity index is 0.000000786. The van der Waals surface area contributed by atoms with E-state index in [1.165, 1.54) is 172 Å². The average Bonchev–Trinajstić information content (AvgIpc) is 3.19. The Bertz CT molecular complexity index is 1010. The van der Waals surface area contributed by atoms with Crippen molar-refractivity contribution in [2.24, 2.45) is 5.73 Å². The number of carboxylic acids is 1. The van der Waals surface area contributed by atoms with Gasteiger partial charge in [-0.05, 0) is 81.9 Å². The van der Waals surface area contributed by atoms with Crippen molar-refractivity contribution in [3.63, 3.8) is 0 Å². The van der Waals surface area contributed by atoms with Crippen LogP contribution in [0.4, 0.5) is 0 Å². The van der Waals surface area contributed by atoms with Crippen LogP contribution in [0.2, 0.25) is 0 Å². The number of unbranched alkanes of at least 4 members (excludes halogenated alkanes) is 23. The highest BCUT2D eigenvalue weighted by atomic mass is 16.5. The Morgan fingerprint density at radius 2 is 0.796 bits per heavy atom. The summed E-state index contributed by atoms with van der Waals surface area (Å²) < 4.78 is 5.61. The predicted molar refractivity (Wildman–Crippen MR) is 237 cm³/mol. The molecular weight excluding hydrogens is 663 g/mol. The number of benzene rings is 2. The van der Waals surface area contributed by atoms with E-state index in [1.807, 2.05) is 36.4 Å². The van der Waals surface area contributed by atoms with Crippen LogP contribution in [-0.4, -0.2) is 17.6 Å². The van der Waals surface area contributed by atoms with Crippen molar-refractivity contribution in [3.8, 4) is 0 Å². The SMILES string of the molecule is CCCCCCCC/C=C\CCCCCCCC(=O)O.CCCCCCCC/C=C\CCCCCCCCN.c1ccc(COCc2ccccc2)cc1. The molecule has 2 rings (SSSR count). The highest BCUT2D eigenvalue weighted by molar-refractivity contribution is 5.66. The molecule has 0 radical (unpaired) electrons. The Hall–Kier alpha value is -2.69. The van der Waals surface area contributed by atoms with Gasteiger partial charge in [0.2, 0.25) is 0 Å². The Morgan fingerprint density at radius 3 is 1.13 bits per heavy atom. The third-order valence-electron chi connectivity index (χ3n) is 9.59. The van der Waals surface area contributed by atoms with Gasteiger partial charge in [0, 0.05) is 6.42 Å². The lowest BCUT2D eigenvalue weighted by atomic mass is 10.1. The smallest absolute Gasteiger partial charge is 0.303 e. The van der Waals surface area contributed by atoms with Crippen LogP contribution in [0.3, 0.4) is 0 Å². The summed E-state index contributed by atoms with van der Waals surface area (Å²) in [5, 5.41) is 8.51. The van der Waals surface area contributed by atoms with Gasteiger partial charge in [-0.15, -0.1) is 0 Å². The molecule has 0 spiro atoms. The molecular formula is C50H85NO3. The second-order valence-electron chi connectivity index (χ2n) is 14.9. The van der Waals surface area contributed by atoms with Gasteiger partial charge < -0.3 is 15.6 Å². The van der Waals surface area contributed by atoms with Gasteiger partial charge >= 0.3 is 5.97 Å². The molecule has 0 saturated heterocycles. The molecule has 0 bridgehead atoms. The van der Waals surface area contributed by atoms with Gasteiger partial charge in [0.25, 0.3) is 0 Å². The third-order valence-corrected chi connectivity index (χ3v) is 9.59. The summed E-state index contributed by atoms with van der Waals surface area (Å²) in [7, 11) is 0. The molecule has 3 N–H and O–H groups in total. The van der Waals surface area contributed by atoms with E-state index >= 15 is 0 Å². The minimum Gasteiger partial charge on any atom is -0.481 e. The number of aliphatic carboxylic acids is 1. The molecule has 4 nitrogen and oxygen atoms in total. The van der Waals surface area contributed by atoms with Crippen molar-refractivity contribution in [1.82, 2.24) is 0 Å². The normalized spacial score (nSPS) is 11.0. The fourth-order valence-corrected chi connectivity index (χ4v) is 6.17. The van der Waals surface area contributed by atoms with Crippen LogP contribution < -0.4 is 5.73 Å². The molecule has 0 aliphatic rings. The minimum atomic E-state index is -0.664. The van der Waals surface area contributed by atoms with Gasteiger partial charge in [-0.1, -0.05) is 208 Å². The number of carboxylic acid groups (broad SMARTS) is 1. The quantitative estimate of drug-likeness (QED) is 0.0552. The first-order valence-corrected chi connectivity index (χ1v) is 22.5. The monoisotopic (exact) mass is 748 g/mol. The van der Waals surface area contributed by atoms with Gasteiger partial charge in [0.15, 0.2) is 0 Å². The van der Waals surface area contributed by atoms with Crippen LogP contribution in [0.15, 0.2) is 85.0 Å². The highest BCUT2D eigenvalue weighted by Crippen LogP contribution is 2.12. The highest BCUT2D eigenvalue weighted by Gasteiger charge is 1.96. The van der Waals surface area contributed by atoms with E-state index in [1.54, 1.807) is 0 Å². The summed E-state index contributed by atoms with van der Waals surface area (Å²) in [5.74, 6) is -0.664. The van der Waals surface area contributed by atoms with Gasteiger partial charge in [-0.2, -0.15) is 0 Å². The fourth-order valence-electron chi connectivity index (χ4n) is 6.17. The standard InChI is InChI=1S/C18H37N.C18H34O2.C14H14O/c1-2-3-4-5-6-7-8-9-10-11-12-13-14-15-16-17-18-19;1-2-3-4-5-6-7-8-9-10-11-12-13-14-15-16-17-18(19)20;1-3-7-13(8-4-1)11-15-12-14-9-5-2-6-10-14/h9-10H,2-8,11-19H2,1H3;9-10H,2-8,11-17H2,1H3,(H,19,20);1-10H,11-12H2/b2*10-9-;. The first-order valence-electron chi connectivity index (χ1n) is 22.5. The van der Waals surface area contributed by atoms with Crippen LogP contribution in [0.5, 0.6) is 0 Å². The fraction of sp³-hybridized carbons (Fsp3) is 0.660. The molecule has 0 aromatic heterocycles. The number of ether oxygens (including phenoxy) is 1. The van der Waals surface area contributed by atoms with Gasteiger partial charge in [-0.25, -0.2) is 0 Å². The van der Waals surface area contributed by atoms with E-state index in [-0.39, 0.29) is 0 Å². The maximum Gasteiger partial charge on any atom is 0.303 e. The second-order valence-corrected chi connectivity index (χ2v) is 14.9. The summed E-state index contributed by atoms with van der Waals surface area (Å²) in [6.07, 6.45) is 45.1. The summed E-state index contributed by atoms with van der Waals surface area (Å²) in [6.45, 7) is 6.75. The number of carbonyl (C=O) groups is 1. The van der Waals surface area contributed by atoms with Crippen molar-refractivity contribution in [3.05, 3.63) is 96.1 Å². The van der Waals surface area contributed by atoms with E-state index in [2.05, 4.69) is 62.4 Å². The third kappa shape index (κ3) is 42.1. The van der Waals surface area contributed by atoms with Crippen molar-refractivity contribution in [1.29, 1.82) is 0 Å². The summed E-state index contributed by atoms with van der Waals surface area (Å²) in [4.78, 5) is 10.3. The average molecular weight is 748 g/mol. The summed E-state index contributed by atoms with van der Waals surface area (Å²) in [5.41, 5.74) is 7.91. The van der Waals surface area contributed by atoms with Crippen molar-refractivity contribution in [2.75, 3.05) is 6.54 Å². The Labute approximate surface area is 334 Å². The molecule has 4 heteroatoms. The molecule has 0 saturated carbocycles.